The van der Waals surface area contributed by atoms with Crippen molar-refractivity contribution in [3.63, 3.8) is 0 Å². The number of amides is 5. The van der Waals surface area contributed by atoms with E-state index in [1.165, 1.54) is 5.32 Å². The van der Waals surface area contributed by atoms with E-state index in [2.05, 4.69) is 0 Å². The monoisotopic (exact) mass is 245 g/mol. The average Bonchev–Trinajstić information content (AvgIpc) is 2.52. The molecule has 1 fully saturated rings. The molecule has 0 aliphatic carbocycles. The highest BCUT2D eigenvalue weighted by molar-refractivity contribution is 6.41. The van der Waals surface area contributed by atoms with Crippen LogP contribution in [-0.4, -0.2) is 56.9 Å². The number of hydrogen-bond donors (Lipinski definition) is 3. The number of carbonyl (C=O) groups is 6. The molecule has 10 nitrogen and oxygen atoms in total. The largest absolute Gasteiger partial charge is 0.471 e. The molecule has 5 amide bonds. The lowest BCUT2D eigenvalue weighted by Crippen LogP contribution is -2.63. The molecular formula is C7H5N2O8+. The van der Waals surface area contributed by atoms with Gasteiger partial charge in [0.05, 0.1) is 0 Å². The minimum absolute atomic E-state index is 1.11. The second-order valence-electron chi connectivity index (χ2n) is 3.04. The number of imide groups is 4. The van der Waals surface area contributed by atoms with Gasteiger partial charge in [0.15, 0.2) is 6.54 Å². The molecule has 0 atom stereocenters. The van der Waals surface area contributed by atoms with Crippen molar-refractivity contribution in [3.05, 3.63) is 0 Å². The van der Waals surface area contributed by atoms with Gasteiger partial charge in [0.1, 0.15) is 0 Å². The van der Waals surface area contributed by atoms with E-state index in [9.17, 15) is 28.8 Å². The number of carboxylic acid groups (broad SMARTS) is 2. The molecule has 0 aromatic heterocycles. The fraction of sp³-hybridized carbons (Fsp3) is 0.143. The van der Waals surface area contributed by atoms with E-state index >= 15 is 0 Å². The minimum Gasteiger partial charge on any atom is -0.471 e. The summed E-state index contributed by atoms with van der Waals surface area (Å²) in [5.74, 6) is -9.49. The van der Waals surface area contributed by atoms with Crippen molar-refractivity contribution in [1.29, 1.82) is 0 Å². The quantitative estimate of drug-likeness (QED) is 0.236. The maximum absolute atomic E-state index is 11.3. The number of rotatable bonds is 0. The van der Waals surface area contributed by atoms with Crippen LogP contribution in [0.15, 0.2) is 0 Å². The summed E-state index contributed by atoms with van der Waals surface area (Å²) in [6, 6.07) is -1.59. The zero-order chi connectivity index (χ0) is 13.4. The van der Waals surface area contributed by atoms with Crippen LogP contribution in [0, 0.1) is 0 Å². The van der Waals surface area contributed by atoms with E-state index in [1.807, 2.05) is 0 Å². The maximum Gasteiger partial charge on any atom is 0.441 e. The molecule has 10 heteroatoms. The molecule has 0 radical (unpaired) electrons. The van der Waals surface area contributed by atoms with E-state index in [0.717, 1.165) is 0 Å². The zero-order valence-corrected chi connectivity index (χ0v) is 8.00. The zero-order valence-electron chi connectivity index (χ0n) is 8.00. The Hall–Kier alpha value is -2.62. The second kappa shape index (κ2) is 3.75. The molecule has 1 saturated heterocycles. The van der Waals surface area contributed by atoms with Crippen LogP contribution in [0.1, 0.15) is 0 Å². The van der Waals surface area contributed by atoms with Crippen LogP contribution in [0.25, 0.3) is 0 Å². The fourth-order valence-corrected chi connectivity index (χ4v) is 1.29. The van der Waals surface area contributed by atoms with Gasteiger partial charge in [-0.15, -0.1) is 0 Å². The van der Waals surface area contributed by atoms with Gasteiger partial charge in [0.2, 0.25) is 0 Å². The predicted octanol–water partition coefficient (Wildman–Crippen LogP) is -2.72. The van der Waals surface area contributed by atoms with E-state index in [-0.39, 0.29) is 0 Å². The maximum atomic E-state index is 11.3. The van der Waals surface area contributed by atoms with Gasteiger partial charge >= 0.3 is 29.8 Å². The van der Waals surface area contributed by atoms with Crippen molar-refractivity contribution in [1.82, 2.24) is 5.32 Å². The lowest BCUT2D eigenvalue weighted by molar-refractivity contribution is -0.673. The number of quaternary nitrogens is 1. The number of carbonyl (C=O) groups excluding carboxylic acids is 4. The standard InChI is InChI=1S/C7H4N2O8/c10-2-1-9(7(17)8-2,3(11)5(13)14)4(12)6(15)16/h1H2,(H2-,8,10,13,14,15,16,17)/p+1. The van der Waals surface area contributed by atoms with Crippen molar-refractivity contribution >= 4 is 35.7 Å². The van der Waals surface area contributed by atoms with E-state index in [4.69, 9.17) is 10.2 Å². The first-order chi connectivity index (χ1) is 7.73. The molecule has 0 unspecified atom stereocenters. The van der Waals surface area contributed by atoms with Crippen LogP contribution >= 0.6 is 0 Å². The molecule has 1 heterocycles. The van der Waals surface area contributed by atoms with E-state index in [1.54, 1.807) is 0 Å². The molecule has 3 N–H and O–H groups in total. The Balaban J connectivity index is 3.39. The first-order valence-corrected chi connectivity index (χ1v) is 4.01. The third kappa shape index (κ3) is 1.65. The predicted molar refractivity (Wildman–Crippen MR) is 44.0 cm³/mol. The summed E-state index contributed by atoms with van der Waals surface area (Å²) in [6.07, 6.45) is 0. The first kappa shape index (κ1) is 12.4. The smallest absolute Gasteiger partial charge is 0.441 e. The van der Waals surface area contributed by atoms with Gasteiger partial charge in [-0.1, -0.05) is 4.48 Å². The molecule has 0 saturated carbocycles. The average molecular weight is 245 g/mol. The second-order valence-corrected chi connectivity index (χ2v) is 3.04. The SMILES string of the molecule is O=C1C[N+](C(=O)C(=O)O)(C(=O)C(=O)O)C(=O)N1. The van der Waals surface area contributed by atoms with Crippen LogP contribution in [0.3, 0.4) is 0 Å². The Bertz CT molecular complexity index is 452. The van der Waals surface area contributed by atoms with Gasteiger partial charge < -0.3 is 10.2 Å². The lowest BCUT2D eigenvalue weighted by Gasteiger charge is -2.18. The fourth-order valence-electron chi connectivity index (χ4n) is 1.29. The normalized spacial score (nSPS) is 17.4. The Morgan fingerprint density at radius 3 is 1.65 bits per heavy atom. The van der Waals surface area contributed by atoms with E-state index < -0.39 is 46.7 Å². The van der Waals surface area contributed by atoms with Crippen LogP contribution in [0.4, 0.5) is 4.79 Å². The van der Waals surface area contributed by atoms with Gasteiger partial charge in [-0.3, -0.25) is 4.79 Å². The van der Waals surface area contributed by atoms with Crippen LogP contribution in [0.5, 0.6) is 0 Å². The number of aliphatic carboxylic acids is 2. The summed E-state index contributed by atoms with van der Waals surface area (Å²) in [4.78, 5) is 65.6. The first-order valence-electron chi connectivity index (χ1n) is 4.01. The van der Waals surface area contributed by atoms with Gasteiger partial charge in [-0.05, 0) is 0 Å². The molecule has 17 heavy (non-hydrogen) atoms. The number of urea groups is 1. The molecule has 0 aromatic rings. The van der Waals surface area contributed by atoms with Crippen LogP contribution in [0.2, 0.25) is 0 Å². The molecular weight excluding hydrogens is 240 g/mol. The van der Waals surface area contributed by atoms with Crippen molar-refractivity contribution in [2.75, 3.05) is 6.54 Å². The summed E-state index contributed by atoms with van der Waals surface area (Å²) in [5, 5.41) is 18.4. The number of nitrogens with one attached hydrogen (secondary N) is 1. The van der Waals surface area contributed by atoms with Gasteiger partial charge in [-0.2, -0.15) is 0 Å². The molecule has 1 rings (SSSR count). The van der Waals surface area contributed by atoms with Crippen LogP contribution < -0.4 is 5.32 Å². The number of hydrogen-bond acceptors (Lipinski definition) is 6. The van der Waals surface area contributed by atoms with Crippen molar-refractivity contribution in [2.45, 2.75) is 0 Å². The minimum atomic E-state index is -2.22. The summed E-state index contributed by atoms with van der Waals surface area (Å²) >= 11 is 0. The topological polar surface area (TPSA) is 155 Å². The summed E-state index contributed by atoms with van der Waals surface area (Å²) in [6.45, 7) is -1.17. The highest BCUT2D eigenvalue weighted by atomic mass is 16.4. The summed E-state index contributed by atoms with van der Waals surface area (Å²) in [5.41, 5.74) is 0. The van der Waals surface area contributed by atoms with Crippen molar-refractivity contribution < 1.29 is 43.5 Å². The van der Waals surface area contributed by atoms with Crippen molar-refractivity contribution in [2.24, 2.45) is 0 Å². The number of carboxylic acids is 2. The Labute approximate surface area is 92.0 Å². The third-order valence-corrected chi connectivity index (χ3v) is 2.03. The Morgan fingerprint density at radius 2 is 1.41 bits per heavy atom. The van der Waals surface area contributed by atoms with Gasteiger partial charge in [-0.25, -0.2) is 29.3 Å². The van der Waals surface area contributed by atoms with Gasteiger partial charge in [0.25, 0.3) is 5.91 Å². The molecule has 0 spiro atoms. The highest BCUT2D eigenvalue weighted by Crippen LogP contribution is 2.15. The van der Waals surface area contributed by atoms with Crippen molar-refractivity contribution in [3.8, 4) is 0 Å². The van der Waals surface area contributed by atoms with E-state index in [0.29, 0.717) is 0 Å². The molecule has 0 aromatic carbocycles. The highest BCUT2D eigenvalue weighted by Gasteiger charge is 2.63. The lowest BCUT2D eigenvalue weighted by atomic mass is 10.3. The Kier molecular flexibility index (Phi) is 2.75. The Morgan fingerprint density at radius 1 is 1.00 bits per heavy atom. The number of nitrogens with zero attached hydrogens (tertiary/aromatic N) is 1. The molecule has 1 aliphatic rings. The summed E-state index contributed by atoms with van der Waals surface area (Å²) < 4.78 is -2.22. The van der Waals surface area contributed by atoms with Gasteiger partial charge in [0, 0.05) is 0 Å². The summed E-state index contributed by atoms with van der Waals surface area (Å²) in [7, 11) is 0. The molecule has 0 bridgehead atoms. The molecule has 90 valence electrons. The van der Waals surface area contributed by atoms with Crippen LogP contribution in [-0.2, 0) is 24.0 Å². The third-order valence-electron chi connectivity index (χ3n) is 2.03. The molecule has 1 aliphatic heterocycles.